The number of nitrogens with one attached hydrogen (secondary N) is 2. The van der Waals surface area contributed by atoms with Crippen molar-refractivity contribution in [3.8, 4) is 0 Å². The second-order valence-electron chi connectivity index (χ2n) is 6.78. The number of amides is 4. The molecule has 8 nitrogen and oxygen atoms in total. The number of ether oxygens (including phenoxy) is 1. The van der Waals surface area contributed by atoms with Gasteiger partial charge in [-0.05, 0) is 30.9 Å². The number of carbonyl (C=O) groups excluding carboxylic acids is 4. The number of imide groups is 1. The van der Waals surface area contributed by atoms with Crippen LogP contribution < -0.4 is 10.6 Å². The highest BCUT2D eigenvalue weighted by atomic mass is 32.1. The van der Waals surface area contributed by atoms with Gasteiger partial charge in [-0.3, -0.25) is 19.3 Å². The highest BCUT2D eigenvalue weighted by Gasteiger charge is 2.49. The van der Waals surface area contributed by atoms with Crippen LogP contribution in [0.3, 0.4) is 0 Å². The molecule has 9 heteroatoms. The zero-order valence-electron chi connectivity index (χ0n) is 16.0. The van der Waals surface area contributed by atoms with Crippen molar-refractivity contribution in [3.63, 3.8) is 0 Å². The maximum absolute atomic E-state index is 12.7. The summed E-state index contributed by atoms with van der Waals surface area (Å²) in [4.78, 5) is 50.8. The summed E-state index contributed by atoms with van der Waals surface area (Å²) < 4.78 is 4.93. The van der Waals surface area contributed by atoms with Crippen LogP contribution in [0.15, 0.2) is 47.8 Å². The van der Waals surface area contributed by atoms with Crippen molar-refractivity contribution in [2.24, 2.45) is 0 Å². The van der Waals surface area contributed by atoms with Gasteiger partial charge in [0.25, 0.3) is 11.8 Å². The Kier molecular flexibility index (Phi) is 5.97. The Labute approximate surface area is 171 Å². The molecule has 29 heavy (non-hydrogen) atoms. The van der Waals surface area contributed by atoms with Crippen LogP contribution in [0.1, 0.15) is 30.3 Å². The van der Waals surface area contributed by atoms with Gasteiger partial charge in [0.2, 0.25) is 0 Å². The van der Waals surface area contributed by atoms with Gasteiger partial charge in [0.05, 0.1) is 6.04 Å². The largest absolute Gasteiger partial charge is 0.454 e. The first kappa shape index (κ1) is 20.5. The fourth-order valence-electron chi connectivity index (χ4n) is 3.02. The van der Waals surface area contributed by atoms with Gasteiger partial charge in [0.15, 0.2) is 6.61 Å². The van der Waals surface area contributed by atoms with Crippen LogP contribution in [0.2, 0.25) is 0 Å². The average molecular weight is 415 g/mol. The highest BCUT2D eigenvalue weighted by Crippen LogP contribution is 2.28. The van der Waals surface area contributed by atoms with Crippen LogP contribution in [-0.2, 0) is 24.7 Å². The van der Waals surface area contributed by atoms with Gasteiger partial charge in [-0.1, -0.05) is 36.4 Å². The van der Waals surface area contributed by atoms with Gasteiger partial charge in [0, 0.05) is 4.88 Å². The Morgan fingerprint density at radius 2 is 1.93 bits per heavy atom. The molecule has 3 rings (SSSR count). The first-order valence-corrected chi connectivity index (χ1v) is 9.87. The summed E-state index contributed by atoms with van der Waals surface area (Å²) >= 11 is 1.51. The van der Waals surface area contributed by atoms with E-state index in [4.69, 9.17) is 4.74 Å². The molecule has 2 N–H and O–H groups in total. The Morgan fingerprint density at radius 1 is 1.21 bits per heavy atom. The average Bonchev–Trinajstić information content (AvgIpc) is 3.31. The van der Waals surface area contributed by atoms with E-state index in [9.17, 15) is 19.2 Å². The zero-order valence-corrected chi connectivity index (χ0v) is 16.8. The van der Waals surface area contributed by atoms with Crippen molar-refractivity contribution in [1.82, 2.24) is 15.5 Å². The van der Waals surface area contributed by atoms with Gasteiger partial charge in [0.1, 0.15) is 12.1 Å². The molecule has 1 saturated heterocycles. The Morgan fingerprint density at radius 3 is 2.59 bits per heavy atom. The van der Waals surface area contributed by atoms with Crippen molar-refractivity contribution < 1.29 is 23.9 Å². The van der Waals surface area contributed by atoms with E-state index in [0.29, 0.717) is 5.56 Å². The number of nitrogens with zero attached hydrogens (tertiary/aromatic N) is 1. The maximum Gasteiger partial charge on any atom is 0.326 e. The van der Waals surface area contributed by atoms with Crippen LogP contribution >= 0.6 is 11.3 Å². The number of benzene rings is 1. The number of rotatable bonds is 7. The van der Waals surface area contributed by atoms with E-state index in [2.05, 4.69) is 10.6 Å². The molecule has 2 heterocycles. The van der Waals surface area contributed by atoms with Crippen molar-refractivity contribution in [3.05, 3.63) is 58.3 Å². The van der Waals surface area contributed by atoms with Crippen LogP contribution in [0, 0.1) is 0 Å². The number of urea groups is 1. The first-order chi connectivity index (χ1) is 13.8. The molecule has 2 atom stereocenters. The van der Waals surface area contributed by atoms with Crippen molar-refractivity contribution >= 4 is 35.2 Å². The minimum atomic E-state index is -1.26. The summed E-state index contributed by atoms with van der Waals surface area (Å²) in [6, 6.07) is 11.6. The first-order valence-electron chi connectivity index (χ1n) is 8.99. The summed E-state index contributed by atoms with van der Waals surface area (Å²) in [5.41, 5.74) is -0.650. The lowest BCUT2D eigenvalue weighted by molar-refractivity contribution is -0.151. The topological polar surface area (TPSA) is 105 Å². The SMILES string of the molecule is C[C@H](NC(=O)COC(=O)CN1C(=O)N[C@@](C)(c2ccccc2)C1=O)c1cccs1. The molecule has 2 aromatic rings. The number of hydrogen-bond acceptors (Lipinski definition) is 6. The molecule has 1 fully saturated rings. The van der Waals surface area contributed by atoms with Crippen LogP contribution in [0.5, 0.6) is 0 Å². The Bertz CT molecular complexity index is 915. The molecule has 1 aromatic carbocycles. The molecule has 152 valence electrons. The second kappa shape index (κ2) is 8.44. The summed E-state index contributed by atoms with van der Waals surface area (Å²) in [5.74, 6) is -1.86. The number of thiophene rings is 1. The standard InChI is InChI=1S/C20H21N3O5S/c1-13(15-9-6-10-29-15)21-16(24)12-28-17(25)11-23-18(26)20(2,22-19(23)27)14-7-4-3-5-8-14/h3-10,13H,11-12H2,1-2H3,(H,21,24)(H,22,27)/t13-,20-/m0/s1. The lowest BCUT2D eigenvalue weighted by Crippen LogP contribution is -2.42. The smallest absolute Gasteiger partial charge is 0.326 e. The molecule has 4 amide bonds. The van der Waals surface area contributed by atoms with Crippen LogP contribution in [-0.4, -0.2) is 41.9 Å². The normalized spacial score (nSPS) is 19.6. The maximum atomic E-state index is 12.7. The summed E-state index contributed by atoms with van der Waals surface area (Å²) in [5, 5.41) is 7.23. The molecule has 0 bridgehead atoms. The van der Waals surface area contributed by atoms with E-state index in [1.807, 2.05) is 24.4 Å². The third-order valence-electron chi connectivity index (χ3n) is 4.63. The van der Waals surface area contributed by atoms with Gasteiger partial charge < -0.3 is 15.4 Å². The fourth-order valence-corrected chi connectivity index (χ4v) is 3.75. The van der Waals surface area contributed by atoms with E-state index in [-0.39, 0.29) is 6.04 Å². The van der Waals surface area contributed by atoms with Crippen molar-refractivity contribution in [2.45, 2.75) is 25.4 Å². The molecular weight excluding hydrogens is 394 g/mol. The highest BCUT2D eigenvalue weighted by molar-refractivity contribution is 7.10. The molecule has 1 aromatic heterocycles. The lowest BCUT2D eigenvalue weighted by atomic mass is 9.92. The summed E-state index contributed by atoms with van der Waals surface area (Å²) in [7, 11) is 0. The third-order valence-corrected chi connectivity index (χ3v) is 5.68. The summed E-state index contributed by atoms with van der Waals surface area (Å²) in [6.07, 6.45) is 0. The van der Waals surface area contributed by atoms with Crippen LogP contribution in [0.4, 0.5) is 4.79 Å². The molecule has 0 saturated carbocycles. The number of esters is 1. The van der Waals surface area contributed by atoms with Gasteiger partial charge >= 0.3 is 12.0 Å². The minimum absolute atomic E-state index is 0.210. The zero-order chi connectivity index (χ0) is 21.0. The Hall–Kier alpha value is -3.20. The molecule has 0 radical (unpaired) electrons. The van der Waals surface area contributed by atoms with Crippen molar-refractivity contribution in [2.75, 3.05) is 13.2 Å². The third kappa shape index (κ3) is 4.45. The van der Waals surface area contributed by atoms with E-state index in [1.54, 1.807) is 37.3 Å². The van der Waals surface area contributed by atoms with E-state index >= 15 is 0 Å². The fraction of sp³-hybridized carbons (Fsp3) is 0.300. The molecule has 0 aliphatic carbocycles. The molecule has 0 unspecified atom stereocenters. The van der Waals surface area contributed by atoms with E-state index < -0.39 is 42.5 Å². The monoisotopic (exact) mass is 415 g/mol. The van der Waals surface area contributed by atoms with Crippen molar-refractivity contribution in [1.29, 1.82) is 0 Å². The number of hydrogen-bond donors (Lipinski definition) is 2. The van der Waals surface area contributed by atoms with Gasteiger partial charge in [-0.2, -0.15) is 0 Å². The van der Waals surface area contributed by atoms with Gasteiger partial charge in [-0.15, -0.1) is 11.3 Å². The Balaban J connectivity index is 1.53. The lowest BCUT2D eigenvalue weighted by Gasteiger charge is -2.21. The predicted octanol–water partition coefficient (Wildman–Crippen LogP) is 1.94. The van der Waals surface area contributed by atoms with Crippen LogP contribution in [0.25, 0.3) is 0 Å². The minimum Gasteiger partial charge on any atom is -0.454 e. The van der Waals surface area contributed by atoms with E-state index in [1.165, 1.54) is 11.3 Å². The predicted molar refractivity (Wildman–Crippen MR) is 106 cm³/mol. The number of carbonyl (C=O) groups is 4. The van der Waals surface area contributed by atoms with Gasteiger partial charge in [-0.25, -0.2) is 4.79 Å². The molecule has 1 aliphatic heterocycles. The quantitative estimate of drug-likeness (QED) is 0.531. The van der Waals surface area contributed by atoms with E-state index in [0.717, 1.165) is 9.78 Å². The summed E-state index contributed by atoms with van der Waals surface area (Å²) in [6.45, 7) is 2.34. The molecular formula is C20H21N3O5S. The molecule has 1 aliphatic rings. The second-order valence-corrected chi connectivity index (χ2v) is 7.76. The molecule has 0 spiro atoms.